The number of hydrogen-bond acceptors (Lipinski definition) is 4. The summed E-state index contributed by atoms with van der Waals surface area (Å²) < 4.78 is 48.2. The zero-order valence-electron chi connectivity index (χ0n) is 17.6. The predicted molar refractivity (Wildman–Crippen MR) is 122 cm³/mol. The van der Waals surface area contributed by atoms with E-state index in [-0.39, 0.29) is 16.6 Å². The van der Waals surface area contributed by atoms with Gasteiger partial charge >= 0.3 is 6.18 Å². The van der Waals surface area contributed by atoms with Crippen molar-refractivity contribution in [3.8, 4) is 5.75 Å². The minimum absolute atomic E-state index is 0.147. The number of nitrogens with one attached hydrogen (secondary N) is 1. The molecule has 170 valence electrons. The summed E-state index contributed by atoms with van der Waals surface area (Å²) >= 11 is 3.33. The van der Waals surface area contributed by atoms with Gasteiger partial charge in [-0.25, -0.2) is 0 Å². The molecule has 0 bridgehead atoms. The smallest absolute Gasteiger partial charge is 0.422 e. The number of H-pyrrole nitrogens is 1. The first-order chi connectivity index (χ1) is 14.9. The molecule has 0 fully saturated rings. The summed E-state index contributed by atoms with van der Waals surface area (Å²) in [6, 6.07) is 11.1. The molecular weight excluding hydrogens is 489 g/mol. The molecule has 1 heterocycles. The maximum Gasteiger partial charge on any atom is 0.422 e. The van der Waals surface area contributed by atoms with E-state index in [4.69, 9.17) is 4.74 Å². The van der Waals surface area contributed by atoms with Gasteiger partial charge in [-0.15, -0.1) is 0 Å². The molecule has 0 radical (unpaired) electrons. The average Bonchev–Trinajstić information content (AvgIpc) is 2.71. The van der Waals surface area contributed by atoms with Gasteiger partial charge in [-0.05, 0) is 48.2 Å². The second kappa shape index (κ2) is 8.71. The standard InChI is InChI=1S/C23H22BrF3N2O3/c1-21(2,17-11-14(24)7-8-19(17)32-3)12-22(31,23(25,26)27)13-29-18-6-4-5-16-15(18)9-10-28-20(16)30/h4-11,13,31H,12H2,1-3H3,(H,28,30). The fourth-order valence-corrected chi connectivity index (χ4v) is 4.05. The summed E-state index contributed by atoms with van der Waals surface area (Å²) in [7, 11) is 1.43. The molecule has 0 aliphatic rings. The number of aliphatic hydroxyl groups is 1. The number of nitrogens with zero attached hydrogens (tertiary/aromatic N) is 1. The van der Waals surface area contributed by atoms with Gasteiger partial charge in [0.25, 0.3) is 5.56 Å². The Morgan fingerprint density at radius 3 is 2.53 bits per heavy atom. The Labute approximate surface area is 191 Å². The molecule has 0 saturated heterocycles. The summed E-state index contributed by atoms with van der Waals surface area (Å²) in [5.41, 5.74) is -4.10. The number of benzene rings is 2. The minimum atomic E-state index is -4.99. The van der Waals surface area contributed by atoms with E-state index in [0.29, 0.717) is 27.4 Å². The molecule has 0 aliphatic carbocycles. The van der Waals surface area contributed by atoms with E-state index in [0.717, 1.165) is 0 Å². The summed E-state index contributed by atoms with van der Waals surface area (Å²) in [6.07, 6.45) is -3.79. The Morgan fingerprint density at radius 2 is 1.88 bits per heavy atom. The molecule has 2 aromatic carbocycles. The molecule has 1 unspecified atom stereocenters. The highest BCUT2D eigenvalue weighted by Gasteiger charge is 2.55. The summed E-state index contributed by atoms with van der Waals surface area (Å²) in [5, 5.41) is 11.4. The van der Waals surface area contributed by atoms with Crippen LogP contribution in [0.4, 0.5) is 18.9 Å². The second-order valence-electron chi connectivity index (χ2n) is 8.13. The lowest BCUT2D eigenvalue weighted by Crippen LogP contribution is -2.50. The van der Waals surface area contributed by atoms with Crippen LogP contribution in [-0.4, -0.2) is 35.2 Å². The number of methoxy groups -OCH3 is 1. The van der Waals surface area contributed by atoms with E-state index in [1.807, 2.05) is 0 Å². The van der Waals surface area contributed by atoms with Crippen molar-refractivity contribution in [3.63, 3.8) is 0 Å². The molecule has 32 heavy (non-hydrogen) atoms. The third-order valence-corrected chi connectivity index (χ3v) is 5.80. The van der Waals surface area contributed by atoms with Gasteiger partial charge in [-0.2, -0.15) is 13.2 Å². The minimum Gasteiger partial charge on any atom is -0.496 e. The highest BCUT2D eigenvalue weighted by molar-refractivity contribution is 9.10. The Kier molecular flexibility index (Phi) is 6.53. The zero-order chi connectivity index (χ0) is 23.7. The van der Waals surface area contributed by atoms with E-state index in [1.165, 1.54) is 25.4 Å². The van der Waals surface area contributed by atoms with Crippen LogP contribution in [0.2, 0.25) is 0 Å². The number of rotatable bonds is 6. The number of ether oxygens (including phenoxy) is 1. The van der Waals surface area contributed by atoms with Crippen LogP contribution in [0.1, 0.15) is 25.8 Å². The molecule has 0 aliphatic heterocycles. The van der Waals surface area contributed by atoms with E-state index in [9.17, 15) is 23.1 Å². The number of aliphatic imine (C=N–C) groups is 1. The maximum absolute atomic E-state index is 14.1. The molecular formula is C23H22BrF3N2O3. The normalized spacial score (nSPS) is 14.6. The van der Waals surface area contributed by atoms with Crippen molar-refractivity contribution >= 4 is 38.6 Å². The summed E-state index contributed by atoms with van der Waals surface area (Å²) in [5.74, 6) is 0.410. The Balaban J connectivity index is 2.06. The first-order valence-electron chi connectivity index (χ1n) is 9.67. The molecule has 5 nitrogen and oxygen atoms in total. The predicted octanol–water partition coefficient (Wildman–Crippen LogP) is 5.66. The first kappa shape index (κ1) is 24.0. The van der Waals surface area contributed by atoms with Gasteiger partial charge in [0.2, 0.25) is 0 Å². The lowest BCUT2D eigenvalue weighted by molar-refractivity contribution is -0.234. The van der Waals surface area contributed by atoms with Gasteiger partial charge in [-0.3, -0.25) is 9.79 Å². The van der Waals surface area contributed by atoms with Crippen LogP contribution in [0.5, 0.6) is 5.75 Å². The lowest BCUT2D eigenvalue weighted by atomic mass is 9.75. The van der Waals surface area contributed by atoms with Crippen LogP contribution >= 0.6 is 15.9 Å². The van der Waals surface area contributed by atoms with Crippen LogP contribution in [-0.2, 0) is 5.41 Å². The van der Waals surface area contributed by atoms with E-state index in [2.05, 4.69) is 25.9 Å². The van der Waals surface area contributed by atoms with Gasteiger partial charge in [0, 0.05) is 33.2 Å². The van der Waals surface area contributed by atoms with Crippen molar-refractivity contribution in [2.45, 2.75) is 37.5 Å². The molecule has 1 aromatic heterocycles. The summed E-state index contributed by atoms with van der Waals surface area (Å²) in [6.45, 7) is 3.19. The number of alkyl halides is 3. The Hall–Kier alpha value is -2.65. The molecule has 1 atom stereocenters. The van der Waals surface area contributed by atoms with Gasteiger partial charge in [-0.1, -0.05) is 35.8 Å². The molecule has 0 amide bonds. The molecule has 2 N–H and O–H groups in total. The highest BCUT2D eigenvalue weighted by Crippen LogP contribution is 2.43. The molecule has 0 saturated carbocycles. The van der Waals surface area contributed by atoms with Crippen LogP contribution < -0.4 is 10.3 Å². The topological polar surface area (TPSA) is 74.7 Å². The number of fused-ring (bicyclic) bond motifs is 1. The number of aromatic amines is 1. The average molecular weight is 511 g/mol. The van der Waals surface area contributed by atoms with Gasteiger partial charge < -0.3 is 14.8 Å². The molecule has 3 rings (SSSR count). The second-order valence-corrected chi connectivity index (χ2v) is 9.05. The van der Waals surface area contributed by atoms with Crippen molar-refractivity contribution in [1.29, 1.82) is 0 Å². The van der Waals surface area contributed by atoms with Gasteiger partial charge in [0.15, 0.2) is 5.60 Å². The number of aromatic nitrogens is 1. The Morgan fingerprint density at radius 1 is 1.16 bits per heavy atom. The van der Waals surface area contributed by atoms with Crippen molar-refractivity contribution in [1.82, 2.24) is 4.98 Å². The van der Waals surface area contributed by atoms with Crippen LogP contribution in [0.25, 0.3) is 10.8 Å². The van der Waals surface area contributed by atoms with Crippen LogP contribution in [0.15, 0.2) is 62.9 Å². The van der Waals surface area contributed by atoms with E-state index >= 15 is 0 Å². The zero-order valence-corrected chi connectivity index (χ0v) is 19.2. The van der Waals surface area contributed by atoms with Crippen molar-refractivity contribution in [3.05, 3.63) is 69.1 Å². The van der Waals surface area contributed by atoms with Gasteiger partial charge in [0.1, 0.15) is 5.75 Å². The van der Waals surface area contributed by atoms with Crippen molar-refractivity contribution in [2.24, 2.45) is 4.99 Å². The molecule has 9 heteroatoms. The third kappa shape index (κ3) is 4.73. The third-order valence-electron chi connectivity index (χ3n) is 5.30. The number of hydrogen-bond donors (Lipinski definition) is 2. The monoisotopic (exact) mass is 510 g/mol. The summed E-state index contributed by atoms with van der Waals surface area (Å²) in [4.78, 5) is 18.4. The molecule has 3 aromatic rings. The van der Waals surface area contributed by atoms with E-state index < -0.39 is 23.6 Å². The Bertz CT molecular complexity index is 1220. The maximum atomic E-state index is 14.1. The number of pyridine rings is 1. The highest BCUT2D eigenvalue weighted by atomic mass is 79.9. The molecule has 0 spiro atoms. The fraction of sp³-hybridized carbons (Fsp3) is 0.304. The SMILES string of the molecule is COc1ccc(Br)cc1C(C)(C)CC(O)(C=Nc1cccc2c(=O)[nH]ccc12)C(F)(F)F. The quantitative estimate of drug-likeness (QED) is 0.420. The van der Waals surface area contributed by atoms with Crippen LogP contribution in [0, 0.1) is 0 Å². The van der Waals surface area contributed by atoms with Crippen LogP contribution in [0.3, 0.4) is 0 Å². The van der Waals surface area contributed by atoms with Gasteiger partial charge in [0.05, 0.1) is 12.8 Å². The first-order valence-corrected chi connectivity index (χ1v) is 10.5. The largest absolute Gasteiger partial charge is 0.496 e. The number of halogens is 4. The fourth-order valence-electron chi connectivity index (χ4n) is 3.69. The van der Waals surface area contributed by atoms with Crippen molar-refractivity contribution in [2.75, 3.05) is 7.11 Å². The van der Waals surface area contributed by atoms with E-state index in [1.54, 1.807) is 44.2 Å². The van der Waals surface area contributed by atoms with Crippen molar-refractivity contribution < 1.29 is 23.0 Å². The lowest BCUT2D eigenvalue weighted by Gasteiger charge is -2.36.